The van der Waals surface area contributed by atoms with E-state index in [4.69, 9.17) is 10.5 Å². The number of hydrogen-bond donors (Lipinski definition) is 2. The normalized spacial score (nSPS) is 25.0. The molecule has 3 N–H and O–H groups in total. The van der Waals surface area contributed by atoms with Gasteiger partial charge in [-0.05, 0) is 63.9 Å². The number of aryl methyl sites for hydroxylation is 1. The van der Waals surface area contributed by atoms with E-state index in [0.29, 0.717) is 37.2 Å². The Morgan fingerprint density at radius 2 is 2.00 bits per heavy atom. The van der Waals surface area contributed by atoms with Crippen molar-refractivity contribution >= 4 is 22.5 Å². The Morgan fingerprint density at radius 3 is 2.71 bits per heavy atom. The van der Waals surface area contributed by atoms with Crippen LogP contribution in [0.1, 0.15) is 36.8 Å². The van der Waals surface area contributed by atoms with Crippen molar-refractivity contribution in [3.63, 3.8) is 0 Å². The van der Waals surface area contributed by atoms with Gasteiger partial charge in [-0.15, -0.1) is 0 Å². The zero-order chi connectivity index (χ0) is 29.1. The third-order valence-electron chi connectivity index (χ3n) is 8.44. The average Bonchev–Trinajstić information content (AvgIpc) is 3.46. The molecule has 2 bridgehead atoms. The molecule has 14 heteroatoms. The van der Waals surface area contributed by atoms with Crippen molar-refractivity contribution in [2.75, 3.05) is 43.9 Å². The molecule has 220 valence electrons. The molecule has 3 aliphatic rings. The SMILES string of the molecule is Cc1cc(N)nc(-c2cc3nc(OCC4CCCN4C)nc(N4CC5CCC(C(F)F)(C4)N5)c3cn2)c1C(F)(F)F. The minimum atomic E-state index is -4.70. The summed E-state index contributed by atoms with van der Waals surface area (Å²) in [4.78, 5) is 21.4. The van der Waals surface area contributed by atoms with Gasteiger partial charge in [0.15, 0.2) is 0 Å². The number of likely N-dealkylation sites (N-methyl/N-ethyl adjacent to an activating group) is 1. The van der Waals surface area contributed by atoms with Crippen LogP contribution in [0.4, 0.5) is 33.6 Å². The average molecular weight is 579 g/mol. The lowest BCUT2D eigenvalue weighted by Gasteiger charge is -2.41. The second kappa shape index (κ2) is 10.2. The predicted octanol–water partition coefficient (Wildman–Crippen LogP) is 4.05. The van der Waals surface area contributed by atoms with Crippen molar-refractivity contribution in [1.82, 2.24) is 30.2 Å². The summed E-state index contributed by atoms with van der Waals surface area (Å²) in [5.74, 6) is 0.282. The minimum Gasteiger partial charge on any atom is -0.462 e. The Kier molecular flexibility index (Phi) is 6.88. The van der Waals surface area contributed by atoms with Crippen LogP contribution in [0.5, 0.6) is 6.01 Å². The number of aromatic nitrogens is 4. The Balaban J connectivity index is 1.45. The highest BCUT2D eigenvalue weighted by atomic mass is 19.4. The van der Waals surface area contributed by atoms with E-state index in [0.717, 1.165) is 25.5 Å². The van der Waals surface area contributed by atoms with Crippen molar-refractivity contribution in [2.45, 2.75) is 62.8 Å². The Bertz CT molecular complexity index is 1470. The predicted molar refractivity (Wildman–Crippen MR) is 143 cm³/mol. The van der Waals surface area contributed by atoms with Crippen molar-refractivity contribution in [3.05, 3.63) is 29.5 Å². The summed E-state index contributed by atoms with van der Waals surface area (Å²) in [5, 5.41) is 3.50. The molecule has 6 heterocycles. The van der Waals surface area contributed by atoms with Crippen molar-refractivity contribution in [3.8, 4) is 17.4 Å². The molecule has 6 rings (SSSR count). The van der Waals surface area contributed by atoms with Crippen LogP contribution in [0.15, 0.2) is 18.3 Å². The fourth-order valence-electron chi connectivity index (χ4n) is 6.34. The summed E-state index contributed by atoms with van der Waals surface area (Å²) in [7, 11) is 2.00. The molecule has 0 amide bonds. The second-order valence-electron chi connectivity index (χ2n) is 11.3. The number of halogens is 5. The number of nitrogens with zero attached hydrogens (tertiary/aromatic N) is 6. The summed E-state index contributed by atoms with van der Waals surface area (Å²) in [5.41, 5.74) is 3.21. The molecular formula is C27H31F5N8O. The molecule has 0 spiro atoms. The van der Waals surface area contributed by atoms with Gasteiger partial charge in [-0.25, -0.2) is 13.8 Å². The molecule has 0 aromatic carbocycles. The van der Waals surface area contributed by atoms with Crippen LogP contribution in [0.3, 0.4) is 0 Å². The monoisotopic (exact) mass is 578 g/mol. The molecule has 3 fully saturated rings. The number of fused-ring (bicyclic) bond motifs is 3. The van der Waals surface area contributed by atoms with Gasteiger partial charge in [-0.2, -0.15) is 23.1 Å². The number of piperazine rings is 1. The molecule has 41 heavy (non-hydrogen) atoms. The van der Waals surface area contributed by atoms with Gasteiger partial charge in [-0.1, -0.05) is 0 Å². The van der Waals surface area contributed by atoms with Crippen LogP contribution in [-0.4, -0.2) is 82.2 Å². The summed E-state index contributed by atoms with van der Waals surface area (Å²) in [6.07, 6.45) is -3.00. The molecule has 3 aliphatic heterocycles. The van der Waals surface area contributed by atoms with Crippen LogP contribution in [-0.2, 0) is 6.18 Å². The number of nitrogens with one attached hydrogen (secondary N) is 1. The standard InChI is InChI=1S/C27H31F5N8O/c1-14-8-20(33)36-22(21(14)27(30,31)32)19-9-18-17(10-34-19)23(37-25(35-18)41-12-16-4-3-7-39(16)2)40-11-15-5-6-26(13-40,38-15)24(28)29/h8-10,15-16,24,38H,3-7,11-13H2,1-2H3,(H2,33,36). The topological polar surface area (TPSA) is 105 Å². The Hall–Kier alpha value is -3.39. The van der Waals surface area contributed by atoms with E-state index >= 15 is 0 Å². The quantitative estimate of drug-likeness (QED) is 0.419. The summed E-state index contributed by atoms with van der Waals surface area (Å²) in [6, 6.07) is 2.59. The second-order valence-corrected chi connectivity index (χ2v) is 11.3. The molecule has 3 atom stereocenters. The van der Waals surface area contributed by atoms with E-state index in [2.05, 4.69) is 30.2 Å². The third kappa shape index (κ3) is 5.11. The van der Waals surface area contributed by atoms with Gasteiger partial charge in [0, 0.05) is 31.4 Å². The first-order valence-corrected chi connectivity index (χ1v) is 13.6. The van der Waals surface area contributed by atoms with E-state index in [1.54, 1.807) is 4.90 Å². The lowest BCUT2D eigenvalue weighted by molar-refractivity contribution is -0.137. The molecule has 0 saturated carbocycles. The number of hydrogen-bond acceptors (Lipinski definition) is 9. The summed E-state index contributed by atoms with van der Waals surface area (Å²) in [6.45, 7) is 3.02. The number of nitrogens with two attached hydrogens (primary N) is 1. The van der Waals surface area contributed by atoms with Gasteiger partial charge >= 0.3 is 12.2 Å². The van der Waals surface area contributed by atoms with Gasteiger partial charge in [0.05, 0.1) is 27.7 Å². The molecule has 3 unspecified atom stereocenters. The molecular weight excluding hydrogens is 547 g/mol. The highest BCUT2D eigenvalue weighted by molar-refractivity contribution is 5.91. The maximum atomic E-state index is 14.2. The van der Waals surface area contributed by atoms with Crippen LogP contribution in [0.2, 0.25) is 0 Å². The largest absolute Gasteiger partial charge is 0.462 e. The van der Waals surface area contributed by atoms with Crippen LogP contribution >= 0.6 is 0 Å². The molecule has 3 aromatic heterocycles. The number of ether oxygens (including phenoxy) is 1. The number of alkyl halides is 5. The molecule has 3 aromatic rings. The molecule has 0 aliphatic carbocycles. The van der Waals surface area contributed by atoms with Crippen molar-refractivity contribution < 1.29 is 26.7 Å². The lowest BCUT2D eigenvalue weighted by Crippen LogP contribution is -2.63. The molecule has 0 radical (unpaired) electrons. The number of pyridine rings is 2. The number of likely N-dealkylation sites (tertiary alicyclic amines) is 1. The zero-order valence-electron chi connectivity index (χ0n) is 22.7. The highest BCUT2D eigenvalue weighted by Gasteiger charge is 2.51. The van der Waals surface area contributed by atoms with E-state index in [9.17, 15) is 22.0 Å². The number of rotatable bonds is 6. The fourth-order valence-corrected chi connectivity index (χ4v) is 6.34. The smallest absolute Gasteiger partial charge is 0.418 e. The lowest BCUT2D eigenvalue weighted by atomic mass is 9.97. The van der Waals surface area contributed by atoms with Crippen LogP contribution in [0, 0.1) is 6.92 Å². The van der Waals surface area contributed by atoms with Crippen LogP contribution < -0.4 is 20.7 Å². The third-order valence-corrected chi connectivity index (χ3v) is 8.44. The molecule has 3 saturated heterocycles. The Morgan fingerprint density at radius 1 is 1.20 bits per heavy atom. The van der Waals surface area contributed by atoms with Gasteiger partial charge in [-0.3, -0.25) is 4.98 Å². The van der Waals surface area contributed by atoms with Crippen LogP contribution in [0.25, 0.3) is 22.3 Å². The maximum absolute atomic E-state index is 14.2. The maximum Gasteiger partial charge on any atom is 0.418 e. The minimum absolute atomic E-state index is 0.00796. The first-order valence-electron chi connectivity index (χ1n) is 13.6. The van der Waals surface area contributed by atoms with E-state index in [1.165, 1.54) is 19.2 Å². The first-order chi connectivity index (χ1) is 19.4. The van der Waals surface area contributed by atoms with E-state index in [1.807, 2.05) is 7.05 Å². The van der Waals surface area contributed by atoms with Gasteiger partial charge < -0.3 is 25.6 Å². The summed E-state index contributed by atoms with van der Waals surface area (Å²) >= 11 is 0. The Labute approximate surface area is 233 Å². The number of nitrogen functional groups attached to an aromatic ring is 1. The number of anilines is 2. The highest BCUT2D eigenvalue weighted by Crippen LogP contribution is 2.41. The van der Waals surface area contributed by atoms with E-state index in [-0.39, 0.29) is 47.2 Å². The van der Waals surface area contributed by atoms with Gasteiger partial charge in [0.25, 0.3) is 6.43 Å². The van der Waals surface area contributed by atoms with Crippen molar-refractivity contribution in [2.24, 2.45) is 0 Å². The van der Waals surface area contributed by atoms with Gasteiger partial charge in [0.1, 0.15) is 23.9 Å². The fraction of sp³-hybridized carbons (Fsp3) is 0.556. The zero-order valence-corrected chi connectivity index (χ0v) is 22.7. The van der Waals surface area contributed by atoms with Gasteiger partial charge in [0.2, 0.25) is 0 Å². The summed E-state index contributed by atoms with van der Waals surface area (Å²) < 4.78 is 76.5. The first kappa shape index (κ1) is 27.8. The van der Waals surface area contributed by atoms with Crippen molar-refractivity contribution in [1.29, 1.82) is 0 Å². The van der Waals surface area contributed by atoms with E-state index < -0.39 is 29.4 Å². The molecule has 9 nitrogen and oxygen atoms in total.